The monoisotopic (exact) mass is 331 g/mol. The van der Waals surface area contributed by atoms with E-state index < -0.39 is 5.91 Å². The highest BCUT2D eigenvalue weighted by molar-refractivity contribution is 5.95. The van der Waals surface area contributed by atoms with Crippen LogP contribution < -0.4 is 5.43 Å². The van der Waals surface area contributed by atoms with Crippen molar-refractivity contribution in [3.63, 3.8) is 0 Å². The van der Waals surface area contributed by atoms with Crippen LogP contribution in [0.2, 0.25) is 0 Å². The average molecular weight is 331 g/mol. The normalized spacial score (nSPS) is 10.5. The number of hydrazone groups is 1. The summed E-state index contributed by atoms with van der Waals surface area (Å²) in [6.45, 7) is 0. The van der Waals surface area contributed by atoms with Gasteiger partial charge in [0.1, 0.15) is 17.3 Å². The summed E-state index contributed by atoms with van der Waals surface area (Å²) in [5.41, 5.74) is 4.07. The fraction of sp³-hybridized carbons (Fsp3) is 0. The summed E-state index contributed by atoms with van der Waals surface area (Å²) in [5.74, 6) is 0.668. The van der Waals surface area contributed by atoms with Crippen LogP contribution in [-0.2, 0) is 0 Å². The van der Waals surface area contributed by atoms with Gasteiger partial charge >= 0.3 is 0 Å². The molecule has 0 fully saturated rings. The quantitative estimate of drug-likeness (QED) is 0.566. The number of nitrogens with one attached hydrogen (secondary N) is 1. The molecule has 0 radical (unpaired) electrons. The van der Waals surface area contributed by atoms with Gasteiger partial charge in [0.25, 0.3) is 5.91 Å². The molecule has 25 heavy (non-hydrogen) atoms. The molecule has 1 heterocycles. The molecule has 6 nitrogen and oxygen atoms in total. The zero-order valence-electron chi connectivity index (χ0n) is 13.0. The van der Waals surface area contributed by atoms with Gasteiger partial charge in [0.05, 0.1) is 17.8 Å². The maximum Gasteiger partial charge on any atom is 0.271 e. The van der Waals surface area contributed by atoms with Gasteiger partial charge < -0.3 is 9.52 Å². The van der Waals surface area contributed by atoms with Gasteiger partial charge in [0.2, 0.25) is 0 Å². The number of nitriles is 1. The Kier molecular flexibility index (Phi) is 4.58. The van der Waals surface area contributed by atoms with E-state index in [9.17, 15) is 9.90 Å². The molecule has 2 N–H and O–H groups in total. The van der Waals surface area contributed by atoms with Crippen LogP contribution in [-0.4, -0.2) is 17.2 Å². The average Bonchev–Trinajstić information content (AvgIpc) is 3.10. The third-order valence-corrected chi connectivity index (χ3v) is 3.39. The Morgan fingerprint density at radius 2 is 1.96 bits per heavy atom. The van der Waals surface area contributed by atoms with E-state index in [0.29, 0.717) is 22.6 Å². The van der Waals surface area contributed by atoms with Gasteiger partial charge in [-0.15, -0.1) is 0 Å². The van der Waals surface area contributed by atoms with E-state index in [1.54, 1.807) is 48.5 Å². The molecule has 3 aromatic rings. The number of hydrogen-bond acceptors (Lipinski definition) is 5. The van der Waals surface area contributed by atoms with Crippen molar-refractivity contribution in [1.82, 2.24) is 5.43 Å². The number of amides is 1. The fourth-order valence-electron chi connectivity index (χ4n) is 2.15. The van der Waals surface area contributed by atoms with Crippen molar-refractivity contribution in [2.24, 2.45) is 5.10 Å². The van der Waals surface area contributed by atoms with Crippen molar-refractivity contribution >= 4 is 12.1 Å². The van der Waals surface area contributed by atoms with E-state index in [-0.39, 0.29) is 5.75 Å². The summed E-state index contributed by atoms with van der Waals surface area (Å²) in [4.78, 5) is 11.9. The molecule has 1 amide bonds. The summed E-state index contributed by atoms with van der Waals surface area (Å²) in [5, 5.41) is 22.0. The summed E-state index contributed by atoms with van der Waals surface area (Å²) in [6, 6.07) is 18.5. The summed E-state index contributed by atoms with van der Waals surface area (Å²) >= 11 is 0. The topological polar surface area (TPSA) is 98.6 Å². The third-order valence-electron chi connectivity index (χ3n) is 3.39. The minimum absolute atomic E-state index is 0.00900. The van der Waals surface area contributed by atoms with Crippen LogP contribution in [0.3, 0.4) is 0 Å². The standard InChI is InChI=1S/C19H13N3O3/c20-11-13-4-6-14(7-5-13)18-9-8-17(25-18)12-21-22-19(24)15-2-1-3-16(23)10-15/h1-10,12,23H,(H,22,24)/b21-12+. The molecular weight excluding hydrogens is 318 g/mol. The zero-order chi connectivity index (χ0) is 17.6. The molecule has 0 atom stereocenters. The van der Waals surface area contributed by atoms with E-state index in [4.69, 9.17) is 9.68 Å². The Morgan fingerprint density at radius 1 is 1.16 bits per heavy atom. The van der Waals surface area contributed by atoms with Gasteiger partial charge in [-0.3, -0.25) is 4.79 Å². The lowest BCUT2D eigenvalue weighted by Crippen LogP contribution is -2.17. The molecule has 0 spiro atoms. The Balaban J connectivity index is 1.65. The molecule has 0 unspecified atom stereocenters. The highest BCUT2D eigenvalue weighted by Gasteiger charge is 2.06. The van der Waals surface area contributed by atoms with Crippen LogP contribution in [0.15, 0.2) is 70.2 Å². The van der Waals surface area contributed by atoms with E-state index in [0.717, 1.165) is 5.56 Å². The van der Waals surface area contributed by atoms with Crippen molar-refractivity contribution in [2.45, 2.75) is 0 Å². The first-order chi connectivity index (χ1) is 12.2. The maximum atomic E-state index is 11.9. The molecule has 2 aromatic carbocycles. The molecule has 0 aliphatic carbocycles. The SMILES string of the molecule is N#Cc1ccc(-c2ccc(/C=N/NC(=O)c3cccc(O)c3)o2)cc1. The second-order valence-electron chi connectivity index (χ2n) is 5.14. The lowest BCUT2D eigenvalue weighted by atomic mass is 10.1. The predicted molar refractivity (Wildman–Crippen MR) is 92.0 cm³/mol. The number of phenolic OH excluding ortho intramolecular Hbond substituents is 1. The highest BCUT2D eigenvalue weighted by atomic mass is 16.3. The molecule has 0 saturated heterocycles. The molecular formula is C19H13N3O3. The largest absolute Gasteiger partial charge is 0.508 e. The molecule has 6 heteroatoms. The highest BCUT2D eigenvalue weighted by Crippen LogP contribution is 2.21. The van der Waals surface area contributed by atoms with E-state index in [1.165, 1.54) is 18.3 Å². The number of phenols is 1. The molecule has 0 aliphatic rings. The van der Waals surface area contributed by atoms with Gasteiger partial charge in [-0.25, -0.2) is 5.43 Å². The van der Waals surface area contributed by atoms with Crippen LogP contribution in [0.4, 0.5) is 0 Å². The fourth-order valence-corrected chi connectivity index (χ4v) is 2.15. The van der Waals surface area contributed by atoms with E-state index >= 15 is 0 Å². The second kappa shape index (κ2) is 7.15. The summed E-state index contributed by atoms with van der Waals surface area (Å²) < 4.78 is 5.63. The number of nitrogens with zero attached hydrogens (tertiary/aromatic N) is 2. The number of benzene rings is 2. The molecule has 0 saturated carbocycles. The molecule has 0 aliphatic heterocycles. The Labute approximate surface area is 143 Å². The van der Waals surface area contributed by atoms with Crippen LogP contribution in [0.5, 0.6) is 5.75 Å². The van der Waals surface area contributed by atoms with E-state index in [2.05, 4.69) is 16.6 Å². The number of rotatable bonds is 4. The Morgan fingerprint density at radius 3 is 2.68 bits per heavy atom. The lowest BCUT2D eigenvalue weighted by molar-refractivity contribution is 0.0954. The number of hydrogen-bond donors (Lipinski definition) is 2. The molecule has 122 valence electrons. The van der Waals surface area contributed by atoms with Crippen LogP contribution in [0.25, 0.3) is 11.3 Å². The van der Waals surface area contributed by atoms with Crippen LogP contribution in [0.1, 0.15) is 21.7 Å². The summed E-state index contributed by atoms with van der Waals surface area (Å²) in [7, 11) is 0. The van der Waals surface area contributed by atoms with Crippen LogP contribution >= 0.6 is 0 Å². The number of furan rings is 1. The van der Waals surface area contributed by atoms with Crippen molar-refractivity contribution < 1.29 is 14.3 Å². The van der Waals surface area contributed by atoms with Gasteiger partial charge in [-0.05, 0) is 54.6 Å². The van der Waals surface area contributed by atoms with Crippen molar-refractivity contribution in [1.29, 1.82) is 5.26 Å². The number of aromatic hydroxyl groups is 1. The van der Waals surface area contributed by atoms with Gasteiger partial charge in [0, 0.05) is 11.1 Å². The number of carbonyl (C=O) groups is 1. The first kappa shape index (κ1) is 16.0. The molecule has 3 rings (SSSR count). The predicted octanol–water partition coefficient (Wildman–Crippen LogP) is 3.29. The Hall–Kier alpha value is -3.85. The van der Waals surface area contributed by atoms with Crippen molar-refractivity contribution in [3.8, 4) is 23.1 Å². The smallest absolute Gasteiger partial charge is 0.271 e. The zero-order valence-corrected chi connectivity index (χ0v) is 13.0. The first-order valence-electron chi connectivity index (χ1n) is 7.38. The third kappa shape index (κ3) is 3.92. The van der Waals surface area contributed by atoms with Gasteiger partial charge in [-0.2, -0.15) is 10.4 Å². The maximum absolute atomic E-state index is 11.9. The van der Waals surface area contributed by atoms with Gasteiger partial charge in [-0.1, -0.05) is 6.07 Å². The second-order valence-corrected chi connectivity index (χ2v) is 5.14. The van der Waals surface area contributed by atoms with Crippen molar-refractivity contribution in [3.05, 3.63) is 77.6 Å². The molecule has 0 bridgehead atoms. The number of carbonyl (C=O) groups excluding carboxylic acids is 1. The minimum Gasteiger partial charge on any atom is -0.508 e. The van der Waals surface area contributed by atoms with Gasteiger partial charge in [0.15, 0.2) is 0 Å². The lowest BCUT2D eigenvalue weighted by Gasteiger charge is -1.99. The summed E-state index contributed by atoms with van der Waals surface area (Å²) in [6.07, 6.45) is 1.38. The molecule has 1 aromatic heterocycles. The first-order valence-corrected chi connectivity index (χ1v) is 7.38. The van der Waals surface area contributed by atoms with Crippen molar-refractivity contribution in [2.75, 3.05) is 0 Å². The van der Waals surface area contributed by atoms with Crippen LogP contribution in [0, 0.1) is 11.3 Å². The minimum atomic E-state index is -0.439. The van der Waals surface area contributed by atoms with E-state index in [1.807, 2.05) is 0 Å². The Bertz CT molecular complexity index is 966.